The minimum Gasteiger partial charge on any atom is -0.504 e. The number of aromatic hydroxyl groups is 1. The van der Waals surface area contributed by atoms with Gasteiger partial charge in [0.15, 0.2) is 11.6 Å². The van der Waals surface area contributed by atoms with E-state index in [1.807, 2.05) is 30.3 Å². The lowest BCUT2D eigenvalue weighted by molar-refractivity contribution is 0.102. The smallest absolute Gasteiger partial charge is 0.255 e. The Morgan fingerprint density at radius 2 is 1.75 bits per heavy atom. The van der Waals surface area contributed by atoms with Crippen molar-refractivity contribution in [3.63, 3.8) is 0 Å². The number of nitrogens with one attached hydrogen (secondary N) is 1. The van der Waals surface area contributed by atoms with Crippen molar-refractivity contribution in [2.75, 3.05) is 5.32 Å². The zero-order valence-electron chi connectivity index (χ0n) is 12.8. The number of anilines is 1. The molecule has 0 unspecified atom stereocenters. The fourth-order valence-electron chi connectivity index (χ4n) is 2.07. The Bertz CT molecular complexity index is 859. The van der Waals surface area contributed by atoms with Crippen LogP contribution in [0.1, 0.15) is 15.9 Å². The van der Waals surface area contributed by atoms with Gasteiger partial charge in [0.25, 0.3) is 5.91 Å². The van der Waals surface area contributed by atoms with Gasteiger partial charge in [-0.2, -0.15) is 0 Å². The zero-order chi connectivity index (χ0) is 16.8. The number of hydrogen-bond donors (Lipinski definition) is 2. The molecular formula is C19H15N3O2. The summed E-state index contributed by atoms with van der Waals surface area (Å²) in [4.78, 5) is 20.2. The van der Waals surface area contributed by atoms with Crippen molar-refractivity contribution in [2.45, 2.75) is 0 Å². The lowest BCUT2D eigenvalue weighted by Crippen LogP contribution is -2.11. The van der Waals surface area contributed by atoms with E-state index < -0.39 is 0 Å². The quantitative estimate of drug-likeness (QED) is 0.719. The molecule has 3 aromatic rings. The lowest BCUT2D eigenvalue weighted by atomic mass is 10.2. The molecule has 0 atom stereocenters. The summed E-state index contributed by atoms with van der Waals surface area (Å²) in [6.07, 6.45) is 3.17. The van der Waals surface area contributed by atoms with Gasteiger partial charge in [-0.15, -0.1) is 0 Å². The number of aromatic nitrogens is 1. The molecule has 1 amide bonds. The number of pyridine rings is 1. The fraction of sp³-hybridized carbons (Fsp3) is 0. The summed E-state index contributed by atoms with van der Waals surface area (Å²) in [5.41, 5.74) is 2.13. The maximum absolute atomic E-state index is 12.1. The van der Waals surface area contributed by atoms with Crippen LogP contribution in [0.3, 0.4) is 0 Å². The van der Waals surface area contributed by atoms with Crippen LogP contribution in [-0.4, -0.2) is 22.2 Å². The Kier molecular flexibility index (Phi) is 4.62. The van der Waals surface area contributed by atoms with Crippen LogP contribution >= 0.6 is 0 Å². The van der Waals surface area contributed by atoms with Gasteiger partial charge in [0.1, 0.15) is 0 Å². The van der Waals surface area contributed by atoms with Gasteiger partial charge in [0.05, 0.1) is 0 Å². The number of hydrogen-bond acceptors (Lipinski definition) is 4. The molecule has 0 spiro atoms. The highest BCUT2D eigenvalue weighted by Crippen LogP contribution is 2.21. The third-order valence-electron chi connectivity index (χ3n) is 3.31. The minimum atomic E-state index is -0.157. The van der Waals surface area contributed by atoms with Crippen molar-refractivity contribution < 1.29 is 9.90 Å². The van der Waals surface area contributed by atoms with Crippen molar-refractivity contribution in [3.05, 3.63) is 84.1 Å². The molecule has 0 bridgehead atoms. The van der Waals surface area contributed by atoms with Crippen LogP contribution < -0.4 is 5.32 Å². The number of carbonyl (C=O) groups excluding carboxylic acids is 1. The molecule has 1 heterocycles. The summed E-state index contributed by atoms with van der Waals surface area (Å²) in [5.74, 6) is 0.134. The van der Waals surface area contributed by atoms with Gasteiger partial charge in [-0.1, -0.05) is 30.3 Å². The van der Waals surface area contributed by atoms with E-state index in [0.717, 1.165) is 5.56 Å². The predicted octanol–water partition coefficient (Wildman–Crippen LogP) is 3.79. The first kappa shape index (κ1) is 15.4. The van der Waals surface area contributed by atoms with E-state index in [0.29, 0.717) is 11.3 Å². The molecule has 0 aliphatic heterocycles. The van der Waals surface area contributed by atoms with Gasteiger partial charge in [-0.25, -0.2) is 9.98 Å². The molecule has 5 nitrogen and oxygen atoms in total. The van der Waals surface area contributed by atoms with Crippen molar-refractivity contribution in [1.82, 2.24) is 4.98 Å². The van der Waals surface area contributed by atoms with Gasteiger partial charge in [-0.3, -0.25) is 4.79 Å². The predicted molar refractivity (Wildman–Crippen MR) is 94.0 cm³/mol. The standard InChI is InChI=1S/C19H15N3O2/c23-17-7-4-12-20-18(17)21-13-14-8-10-16(11-9-14)22-19(24)15-5-2-1-3-6-15/h1-13,23H,(H,22,24)/b21-13+. The SMILES string of the molecule is O=C(Nc1ccc(/C=N/c2ncccc2O)cc1)c1ccccc1. The first-order valence-electron chi connectivity index (χ1n) is 7.37. The highest BCUT2D eigenvalue weighted by molar-refractivity contribution is 6.04. The highest BCUT2D eigenvalue weighted by atomic mass is 16.3. The maximum atomic E-state index is 12.1. The molecule has 1 aromatic heterocycles. The topological polar surface area (TPSA) is 74.6 Å². The van der Waals surface area contributed by atoms with Crippen molar-refractivity contribution in [2.24, 2.45) is 4.99 Å². The van der Waals surface area contributed by atoms with Gasteiger partial charge in [-0.05, 0) is 42.0 Å². The molecule has 2 N–H and O–H groups in total. The Morgan fingerprint density at radius 1 is 1.00 bits per heavy atom. The molecule has 0 radical (unpaired) electrons. The first-order chi connectivity index (χ1) is 11.7. The van der Waals surface area contributed by atoms with Crippen molar-refractivity contribution in [3.8, 4) is 5.75 Å². The van der Waals surface area contributed by atoms with Crippen LogP contribution in [0.2, 0.25) is 0 Å². The molecule has 24 heavy (non-hydrogen) atoms. The number of rotatable bonds is 4. The summed E-state index contributed by atoms with van der Waals surface area (Å²) in [7, 11) is 0. The zero-order valence-corrected chi connectivity index (χ0v) is 12.8. The van der Waals surface area contributed by atoms with Crippen LogP contribution in [0.4, 0.5) is 11.5 Å². The minimum absolute atomic E-state index is 0.0282. The van der Waals surface area contributed by atoms with Gasteiger partial charge in [0.2, 0.25) is 0 Å². The molecule has 0 fully saturated rings. The average molecular weight is 317 g/mol. The lowest BCUT2D eigenvalue weighted by Gasteiger charge is -2.05. The van der Waals surface area contributed by atoms with Gasteiger partial charge < -0.3 is 10.4 Å². The first-order valence-corrected chi connectivity index (χ1v) is 7.37. The number of aliphatic imine (C=N–C) groups is 1. The average Bonchev–Trinajstić information content (AvgIpc) is 2.63. The van der Waals surface area contributed by atoms with Crippen molar-refractivity contribution >= 4 is 23.6 Å². The summed E-state index contributed by atoms with van der Waals surface area (Å²) >= 11 is 0. The van der Waals surface area contributed by atoms with Gasteiger partial charge >= 0.3 is 0 Å². The van der Waals surface area contributed by atoms with Crippen LogP contribution in [0.25, 0.3) is 0 Å². The van der Waals surface area contributed by atoms with E-state index >= 15 is 0 Å². The molecule has 3 rings (SSSR count). The van der Waals surface area contributed by atoms with Gasteiger partial charge in [0, 0.05) is 23.7 Å². The molecule has 118 valence electrons. The normalized spacial score (nSPS) is 10.7. The van der Waals surface area contributed by atoms with E-state index in [4.69, 9.17) is 0 Å². The summed E-state index contributed by atoms with van der Waals surface area (Å²) in [5, 5.41) is 12.4. The van der Waals surface area contributed by atoms with E-state index in [2.05, 4.69) is 15.3 Å². The van der Waals surface area contributed by atoms with E-state index in [1.54, 1.807) is 42.7 Å². The van der Waals surface area contributed by atoms with Crippen molar-refractivity contribution in [1.29, 1.82) is 0 Å². The molecule has 0 saturated carbocycles. The number of nitrogens with zero attached hydrogens (tertiary/aromatic N) is 2. The third kappa shape index (κ3) is 3.84. The Labute approximate surface area is 139 Å². The van der Waals surface area contributed by atoms with Crippen LogP contribution in [0, 0.1) is 0 Å². The monoisotopic (exact) mass is 317 g/mol. The van der Waals surface area contributed by atoms with Crippen LogP contribution in [0.15, 0.2) is 77.9 Å². The Morgan fingerprint density at radius 3 is 2.46 bits per heavy atom. The second-order valence-electron chi connectivity index (χ2n) is 5.05. The maximum Gasteiger partial charge on any atom is 0.255 e. The summed E-state index contributed by atoms with van der Waals surface area (Å²) < 4.78 is 0. The fourth-order valence-corrected chi connectivity index (χ4v) is 2.07. The molecule has 0 aliphatic rings. The largest absolute Gasteiger partial charge is 0.504 e. The molecule has 0 saturated heterocycles. The second kappa shape index (κ2) is 7.19. The van der Waals surface area contributed by atoms with Crippen LogP contribution in [-0.2, 0) is 0 Å². The highest BCUT2D eigenvalue weighted by Gasteiger charge is 2.04. The van der Waals surface area contributed by atoms with E-state index in [9.17, 15) is 9.90 Å². The second-order valence-corrected chi connectivity index (χ2v) is 5.05. The summed E-state index contributed by atoms with van der Waals surface area (Å²) in [6.45, 7) is 0. The Balaban J connectivity index is 1.67. The summed E-state index contributed by atoms with van der Waals surface area (Å²) in [6, 6.07) is 19.4. The number of benzene rings is 2. The van der Waals surface area contributed by atoms with E-state index in [-0.39, 0.29) is 17.5 Å². The Hall–Kier alpha value is -3.47. The molecule has 2 aromatic carbocycles. The molecule has 0 aliphatic carbocycles. The molecular weight excluding hydrogens is 302 g/mol. The molecule has 5 heteroatoms. The number of carbonyl (C=O) groups is 1. The number of amides is 1. The third-order valence-corrected chi connectivity index (χ3v) is 3.31. The van der Waals surface area contributed by atoms with E-state index in [1.165, 1.54) is 6.07 Å². The van der Waals surface area contributed by atoms with Crippen LogP contribution in [0.5, 0.6) is 5.75 Å².